The monoisotopic (exact) mass is 279 g/mol. The number of aromatic amines is 1. The van der Waals surface area contributed by atoms with Crippen LogP contribution in [0, 0.1) is 5.92 Å². The molecular formula is C13H21N5O2. The van der Waals surface area contributed by atoms with Crippen LogP contribution in [0.4, 0.5) is 0 Å². The number of H-pyrrole nitrogens is 1. The molecule has 0 aliphatic rings. The Bertz CT molecular complexity index is 723. The second-order valence-electron chi connectivity index (χ2n) is 5.25. The number of aromatic nitrogens is 4. The Labute approximate surface area is 116 Å². The maximum Gasteiger partial charge on any atom is 0.332 e. The highest BCUT2D eigenvalue weighted by Crippen LogP contribution is 2.08. The smallest absolute Gasteiger partial charge is 0.332 e. The van der Waals surface area contributed by atoms with Crippen molar-refractivity contribution in [3.8, 4) is 0 Å². The molecule has 0 spiro atoms. The van der Waals surface area contributed by atoms with Crippen LogP contribution < -0.4 is 16.6 Å². The molecule has 2 N–H and O–H groups in total. The summed E-state index contributed by atoms with van der Waals surface area (Å²) in [6, 6.07) is 0. The SMILES string of the molecule is CCn1c(=O)c2[nH]c(CNC)nc2n(CC(C)C)c1=O. The van der Waals surface area contributed by atoms with Crippen molar-refractivity contribution in [3.05, 3.63) is 26.7 Å². The summed E-state index contributed by atoms with van der Waals surface area (Å²) in [4.78, 5) is 32.1. The maximum absolute atomic E-state index is 12.4. The zero-order chi connectivity index (χ0) is 14.9. The molecular weight excluding hydrogens is 258 g/mol. The minimum Gasteiger partial charge on any atom is -0.335 e. The molecule has 0 unspecified atom stereocenters. The minimum atomic E-state index is -0.303. The maximum atomic E-state index is 12.4. The van der Waals surface area contributed by atoms with Gasteiger partial charge in [0.25, 0.3) is 5.56 Å². The van der Waals surface area contributed by atoms with Crippen LogP contribution in [0.25, 0.3) is 11.2 Å². The average molecular weight is 279 g/mol. The van der Waals surface area contributed by atoms with Crippen LogP contribution in [0.1, 0.15) is 26.6 Å². The van der Waals surface area contributed by atoms with E-state index in [-0.39, 0.29) is 11.2 Å². The van der Waals surface area contributed by atoms with Crippen molar-refractivity contribution in [1.29, 1.82) is 0 Å². The Hall–Kier alpha value is -1.89. The van der Waals surface area contributed by atoms with E-state index >= 15 is 0 Å². The number of hydrogen-bond donors (Lipinski definition) is 2. The molecule has 0 amide bonds. The van der Waals surface area contributed by atoms with Crippen LogP contribution in [0.2, 0.25) is 0 Å². The summed E-state index contributed by atoms with van der Waals surface area (Å²) in [7, 11) is 1.80. The molecule has 110 valence electrons. The van der Waals surface area contributed by atoms with Crippen LogP contribution in [0.3, 0.4) is 0 Å². The lowest BCUT2D eigenvalue weighted by atomic mass is 10.2. The zero-order valence-electron chi connectivity index (χ0n) is 12.4. The van der Waals surface area contributed by atoms with Gasteiger partial charge in [-0.3, -0.25) is 13.9 Å². The normalized spacial score (nSPS) is 11.7. The lowest BCUT2D eigenvalue weighted by Gasteiger charge is -2.11. The quantitative estimate of drug-likeness (QED) is 0.823. The molecule has 2 heterocycles. The van der Waals surface area contributed by atoms with Gasteiger partial charge in [-0.25, -0.2) is 9.78 Å². The standard InChI is InChI=1S/C13H21N5O2/c1-5-17-12(19)10-11(16-9(15-10)6-14-4)18(13(17)20)7-8(2)3/h8,14H,5-7H2,1-4H3,(H,15,16). The molecule has 20 heavy (non-hydrogen) atoms. The minimum absolute atomic E-state index is 0.291. The molecule has 0 fully saturated rings. The van der Waals surface area contributed by atoms with Gasteiger partial charge in [0.15, 0.2) is 5.65 Å². The molecule has 0 aromatic carbocycles. The van der Waals surface area contributed by atoms with Crippen LogP contribution in [-0.4, -0.2) is 26.1 Å². The molecule has 7 nitrogen and oxygen atoms in total. The summed E-state index contributed by atoms with van der Waals surface area (Å²) in [5.41, 5.74) is 0.254. The highest BCUT2D eigenvalue weighted by molar-refractivity contribution is 5.69. The van der Waals surface area contributed by atoms with E-state index < -0.39 is 0 Å². The van der Waals surface area contributed by atoms with E-state index in [0.29, 0.717) is 42.5 Å². The summed E-state index contributed by atoms with van der Waals surface area (Å²) >= 11 is 0. The van der Waals surface area contributed by atoms with E-state index in [9.17, 15) is 9.59 Å². The molecule has 0 saturated carbocycles. The molecule has 2 aromatic rings. The average Bonchev–Trinajstić information content (AvgIpc) is 2.79. The van der Waals surface area contributed by atoms with Crippen molar-refractivity contribution in [2.75, 3.05) is 7.05 Å². The fourth-order valence-corrected chi connectivity index (χ4v) is 2.27. The third kappa shape index (κ3) is 2.40. The lowest BCUT2D eigenvalue weighted by molar-refractivity contribution is 0.491. The second-order valence-corrected chi connectivity index (χ2v) is 5.25. The van der Waals surface area contributed by atoms with Crippen molar-refractivity contribution in [3.63, 3.8) is 0 Å². The molecule has 0 bridgehead atoms. The van der Waals surface area contributed by atoms with Gasteiger partial charge in [0.2, 0.25) is 0 Å². The Balaban J connectivity index is 2.79. The van der Waals surface area contributed by atoms with E-state index in [2.05, 4.69) is 15.3 Å². The first-order valence-corrected chi connectivity index (χ1v) is 6.86. The van der Waals surface area contributed by atoms with Crippen molar-refractivity contribution >= 4 is 11.2 Å². The summed E-state index contributed by atoms with van der Waals surface area (Å²) in [5.74, 6) is 0.952. The van der Waals surface area contributed by atoms with Gasteiger partial charge in [-0.2, -0.15) is 0 Å². The van der Waals surface area contributed by atoms with Gasteiger partial charge in [0, 0.05) is 13.1 Å². The third-order valence-electron chi connectivity index (χ3n) is 3.12. The fourth-order valence-electron chi connectivity index (χ4n) is 2.27. The van der Waals surface area contributed by atoms with Crippen molar-refractivity contribution in [2.24, 2.45) is 5.92 Å². The highest BCUT2D eigenvalue weighted by Gasteiger charge is 2.16. The summed E-state index contributed by atoms with van der Waals surface area (Å²) < 4.78 is 2.83. The number of imidazole rings is 1. The number of nitrogens with one attached hydrogen (secondary N) is 2. The fraction of sp³-hybridized carbons (Fsp3) is 0.615. The molecule has 0 aliphatic carbocycles. The van der Waals surface area contributed by atoms with Crippen LogP contribution in [-0.2, 0) is 19.6 Å². The Morgan fingerprint density at radius 3 is 2.55 bits per heavy atom. The van der Waals surface area contributed by atoms with Crippen molar-refractivity contribution in [2.45, 2.75) is 40.4 Å². The van der Waals surface area contributed by atoms with Crippen LogP contribution in [0.15, 0.2) is 9.59 Å². The lowest BCUT2D eigenvalue weighted by Crippen LogP contribution is -2.40. The molecule has 0 atom stereocenters. The van der Waals surface area contributed by atoms with E-state index in [0.717, 1.165) is 0 Å². The Morgan fingerprint density at radius 1 is 1.30 bits per heavy atom. The summed E-state index contributed by atoms with van der Waals surface area (Å²) in [6.45, 7) is 7.27. The summed E-state index contributed by atoms with van der Waals surface area (Å²) in [5, 5.41) is 2.98. The Kier molecular flexibility index (Phi) is 4.08. The number of hydrogen-bond acceptors (Lipinski definition) is 4. The second kappa shape index (κ2) is 5.62. The van der Waals surface area contributed by atoms with E-state index in [1.54, 1.807) is 18.5 Å². The first kappa shape index (κ1) is 14.5. The number of fused-ring (bicyclic) bond motifs is 1. The molecule has 2 rings (SSSR count). The largest absolute Gasteiger partial charge is 0.335 e. The van der Waals surface area contributed by atoms with Gasteiger partial charge < -0.3 is 10.3 Å². The van der Waals surface area contributed by atoms with Gasteiger partial charge in [-0.15, -0.1) is 0 Å². The van der Waals surface area contributed by atoms with E-state index in [1.165, 1.54) is 4.57 Å². The molecule has 0 aliphatic heterocycles. The van der Waals surface area contributed by atoms with E-state index in [1.807, 2.05) is 13.8 Å². The summed E-state index contributed by atoms with van der Waals surface area (Å²) in [6.07, 6.45) is 0. The van der Waals surface area contributed by atoms with E-state index in [4.69, 9.17) is 0 Å². The third-order valence-corrected chi connectivity index (χ3v) is 3.12. The molecule has 0 radical (unpaired) electrons. The molecule has 7 heteroatoms. The van der Waals surface area contributed by atoms with Crippen LogP contribution in [0.5, 0.6) is 0 Å². The first-order valence-electron chi connectivity index (χ1n) is 6.86. The highest BCUT2D eigenvalue weighted by atomic mass is 16.2. The zero-order valence-corrected chi connectivity index (χ0v) is 12.4. The van der Waals surface area contributed by atoms with Gasteiger partial charge in [-0.05, 0) is 19.9 Å². The van der Waals surface area contributed by atoms with Gasteiger partial charge >= 0.3 is 5.69 Å². The first-order chi connectivity index (χ1) is 9.49. The van der Waals surface area contributed by atoms with Gasteiger partial charge in [0.1, 0.15) is 11.3 Å². The predicted molar refractivity (Wildman–Crippen MR) is 77.9 cm³/mol. The Morgan fingerprint density at radius 2 is 2.00 bits per heavy atom. The number of nitrogens with zero attached hydrogens (tertiary/aromatic N) is 3. The van der Waals surface area contributed by atoms with Crippen molar-refractivity contribution in [1.82, 2.24) is 24.4 Å². The van der Waals surface area contributed by atoms with Crippen LogP contribution >= 0.6 is 0 Å². The van der Waals surface area contributed by atoms with Gasteiger partial charge in [-0.1, -0.05) is 13.8 Å². The van der Waals surface area contributed by atoms with Crippen molar-refractivity contribution < 1.29 is 0 Å². The molecule has 2 aromatic heterocycles. The topological polar surface area (TPSA) is 84.7 Å². The van der Waals surface area contributed by atoms with Gasteiger partial charge in [0.05, 0.1) is 6.54 Å². The number of rotatable bonds is 5. The predicted octanol–water partition coefficient (Wildman–Crippen LogP) is 0.282. The molecule has 0 saturated heterocycles.